The molecule has 1 saturated heterocycles. The van der Waals surface area contributed by atoms with E-state index in [-0.39, 0.29) is 6.23 Å². The molecule has 1 aliphatic heterocycles. The minimum Gasteiger partial charge on any atom is -0.475 e. The van der Waals surface area contributed by atoms with Gasteiger partial charge in [0.15, 0.2) is 6.29 Å². The molecule has 98 valence electrons. The van der Waals surface area contributed by atoms with Crippen LogP contribution in [0.4, 0.5) is 0 Å². The molecule has 0 spiro atoms. The van der Waals surface area contributed by atoms with Gasteiger partial charge in [0.2, 0.25) is 0 Å². The van der Waals surface area contributed by atoms with Crippen LogP contribution < -0.4 is 4.74 Å². The molecule has 0 radical (unpaired) electrons. The molecule has 1 aromatic rings. The Hall–Kier alpha value is -1.39. The number of hydrogen-bond donors (Lipinski definition) is 0. The van der Waals surface area contributed by atoms with Gasteiger partial charge in [0, 0.05) is 13.1 Å². The highest BCUT2D eigenvalue weighted by atomic mass is 16.5. The van der Waals surface area contributed by atoms with Gasteiger partial charge in [-0.25, -0.2) is 0 Å². The zero-order valence-corrected chi connectivity index (χ0v) is 10.9. The zero-order valence-electron chi connectivity index (χ0n) is 10.9. The van der Waals surface area contributed by atoms with Crippen LogP contribution in [-0.2, 0) is 4.74 Å². The summed E-state index contributed by atoms with van der Waals surface area (Å²) in [6.45, 7) is 7.17. The Morgan fingerprint density at radius 3 is 2.78 bits per heavy atom. The molecule has 0 amide bonds. The maximum atomic E-state index is 11.0. The van der Waals surface area contributed by atoms with Crippen LogP contribution in [0.5, 0.6) is 5.75 Å². The van der Waals surface area contributed by atoms with Gasteiger partial charge in [-0.3, -0.25) is 9.69 Å². The molecule has 1 atom stereocenters. The third kappa shape index (κ3) is 3.09. The van der Waals surface area contributed by atoms with E-state index >= 15 is 0 Å². The Balaban J connectivity index is 2.05. The summed E-state index contributed by atoms with van der Waals surface area (Å²) < 4.78 is 11.2. The van der Waals surface area contributed by atoms with E-state index < -0.39 is 0 Å². The van der Waals surface area contributed by atoms with E-state index in [9.17, 15) is 4.79 Å². The smallest absolute Gasteiger partial charge is 0.153 e. The number of morpholine rings is 1. The lowest BCUT2D eigenvalue weighted by Crippen LogP contribution is -2.44. The van der Waals surface area contributed by atoms with Gasteiger partial charge in [0.05, 0.1) is 18.8 Å². The zero-order chi connectivity index (χ0) is 13.0. The molecule has 4 nitrogen and oxygen atoms in total. The van der Waals surface area contributed by atoms with E-state index in [0.717, 1.165) is 38.2 Å². The number of aryl methyl sites for hydroxylation is 1. The normalized spacial score (nSPS) is 18.3. The fourth-order valence-electron chi connectivity index (χ4n) is 2.07. The van der Waals surface area contributed by atoms with Gasteiger partial charge in [0.25, 0.3) is 0 Å². The SMILES string of the molecule is Cc1ccc(OC(C)N2CCOCC2)c(C=O)c1. The quantitative estimate of drug-likeness (QED) is 0.764. The van der Waals surface area contributed by atoms with Crippen LogP contribution in [0.1, 0.15) is 22.8 Å². The highest BCUT2D eigenvalue weighted by Gasteiger charge is 2.19. The number of carbonyl (C=O) groups is 1. The van der Waals surface area contributed by atoms with Crippen molar-refractivity contribution < 1.29 is 14.3 Å². The van der Waals surface area contributed by atoms with Crippen molar-refractivity contribution in [3.63, 3.8) is 0 Å². The fourth-order valence-corrected chi connectivity index (χ4v) is 2.07. The second-order valence-electron chi connectivity index (χ2n) is 4.52. The third-order valence-corrected chi connectivity index (χ3v) is 3.15. The molecule has 4 heteroatoms. The highest BCUT2D eigenvalue weighted by molar-refractivity contribution is 5.79. The lowest BCUT2D eigenvalue weighted by molar-refractivity contribution is -0.0374. The number of carbonyl (C=O) groups excluding carboxylic acids is 1. The van der Waals surface area contributed by atoms with E-state index in [1.165, 1.54) is 0 Å². The molecule has 1 unspecified atom stereocenters. The van der Waals surface area contributed by atoms with Crippen LogP contribution in [0.2, 0.25) is 0 Å². The maximum absolute atomic E-state index is 11.0. The predicted molar refractivity (Wildman–Crippen MR) is 69.0 cm³/mol. The molecule has 0 saturated carbocycles. The first kappa shape index (κ1) is 13.1. The molecule has 1 aliphatic rings. The van der Waals surface area contributed by atoms with Crippen molar-refractivity contribution in [3.8, 4) is 5.75 Å². The van der Waals surface area contributed by atoms with E-state index in [1.54, 1.807) is 0 Å². The number of ether oxygens (including phenoxy) is 2. The number of benzene rings is 1. The second kappa shape index (κ2) is 5.98. The Kier molecular flexibility index (Phi) is 4.33. The van der Waals surface area contributed by atoms with Crippen molar-refractivity contribution in [1.82, 2.24) is 4.90 Å². The van der Waals surface area contributed by atoms with Gasteiger partial charge >= 0.3 is 0 Å². The molecular formula is C14H19NO3. The molecule has 1 heterocycles. The largest absolute Gasteiger partial charge is 0.475 e. The fraction of sp³-hybridized carbons (Fsp3) is 0.500. The lowest BCUT2D eigenvalue weighted by Gasteiger charge is -2.32. The van der Waals surface area contributed by atoms with Crippen LogP contribution in [0, 0.1) is 6.92 Å². The Labute approximate surface area is 107 Å². The van der Waals surface area contributed by atoms with Gasteiger partial charge in [0.1, 0.15) is 12.0 Å². The van der Waals surface area contributed by atoms with Crippen LogP contribution in [0.15, 0.2) is 18.2 Å². The first-order valence-electron chi connectivity index (χ1n) is 6.25. The summed E-state index contributed by atoms with van der Waals surface area (Å²) in [6.07, 6.45) is 0.796. The molecule has 0 aliphatic carbocycles. The monoisotopic (exact) mass is 249 g/mol. The van der Waals surface area contributed by atoms with Gasteiger partial charge in [-0.1, -0.05) is 11.6 Å². The summed E-state index contributed by atoms with van der Waals surface area (Å²) in [7, 11) is 0. The van der Waals surface area contributed by atoms with Crippen molar-refractivity contribution in [2.45, 2.75) is 20.1 Å². The molecule has 1 aromatic carbocycles. The van der Waals surface area contributed by atoms with E-state index in [0.29, 0.717) is 11.3 Å². The Bertz CT molecular complexity index is 414. The summed E-state index contributed by atoms with van der Waals surface area (Å²) >= 11 is 0. The topological polar surface area (TPSA) is 38.8 Å². The summed E-state index contributed by atoms with van der Waals surface area (Å²) in [5.41, 5.74) is 1.67. The van der Waals surface area contributed by atoms with Gasteiger partial charge in [-0.15, -0.1) is 0 Å². The van der Waals surface area contributed by atoms with Crippen LogP contribution in [0.3, 0.4) is 0 Å². The average Bonchev–Trinajstić information content (AvgIpc) is 2.41. The van der Waals surface area contributed by atoms with Crippen molar-refractivity contribution in [1.29, 1.82) is 0 Å². The minimum atomic E-state index is -0.0460. The van der Waals surface area contributed by atoms with Gasteiger partial charge in [-0.05, 0) is 26.0 Å². The van der Waals surface area contributed by atoms with Crippen LogP contribution >= 0.6 is 0 Å². The molecule has 0 N–H and O–H groups in total. The first-order chi connectivity index (χ1) is 8.70. The van der Waals surface area contributed by atoms with Crippen molar-refractivity contribution in [2.24, 2.45) is 0 Å². The van der Waals surface area contributed by atoms with Crippen molar-refractivity contribution in [3.05, 3.63) is 29.3 Å². The van der Waals surface area contributed by atoms with E-state index in [1.807, 2.05) is 32.0 Å². The molecule has 0 aromatic heterocycles. The second-order valence-corrected chi connectivity index (χ2v) is 4.52. The summed E-state index contributed by atoms with van der Waals surface area (Å²) in [5, 5.41) is 0. The maximum Gasteiger partial charge on any atom is 0.153 e. The average molecular weight is 249 g/mol. The Morgan fingerprint density at radius 2 is 2.11 bits per heavy atom. The number of rotatable bonds is 4. The molecular weight excluding hydrogens is 230 g/mol. The summed E-state index contributed by atoms with van der Waals surface area (Å²) in [4.78, 5) is 13.2. The minimum absolute atomic E-state index is 0.0460. The molecule has 0 bridgehead atoms. The lowest BCUT2D eigenvalue weighted by atomic mass is 10.1. The molecule has 1 fully saturated rings. The number of hydrogen-bond acceptors (Lipinski definition) is 4. The van der Waals surface area contributed by atoms with Gasteiger partial charge < -0.3 is 9.47 Å². The summed E-state index contributed by atoms with van der Waals surface area (Å²) in [5.74, 6) is 0.648. The number of nitrogens with zero attached hydrogens (tertiary/aromatic N) is 1. The standard InChI is InChI=1S/C14H19NO3/c1-11-3-4-14(13(9-11)10-16)18-12(2)15-5-7-17-8-6-15/h3-4,9-10,12H,5-8H2,1-2H3. The third-order valence-electron chi connectivity index (χ3n) is 3.15. The van der Waals surface area contributed by atoms with E-state index in [2.05, 4.69) is 4.90 Å². The summed E-state index contributed by atoms with van der Waals surface area (Å²) in [6, 6.07) is 5.65. The highest BCUT2D eigenvalue weighted by Crippen LogP contribution is 2.20. The van der Waals surface area contributed by atoms with Gasteiger partial charge in [-0.2, -0.15) is 0 Å². The molecule has 18 heavy (non-hydrogen) atoms. The van der Waals surface area contributed by atoms with Crippen molar-refractivity contribution >= 4 is 6.29 Å². The first-order valence-corrected chi connectivity index (χ1v) is 6.25. The van der Waals surface area contributed by atoms with E-state index in [4.69, 9.17) is 9.47 Å². The Morgan fingerprint density at radius 1 is 1.39 bits per heavy atom. The number of aldehydes is 1. The predicted octanol–water partition coefficient (Wildman–Crippen LogP) is 1.86. The van der Waals surface area contributed by atoms with Crippen LogP contribution in [0.25, 0.3) is 0 Å². The molecule has 2 rings (SSSR count). The van der Waals surface area contributed by atoms with Crippen molar-refractivity contribution in [2.75, 3.05) is 26.3 Å². The van der Waals surface area contributed by atoms with Crippen LogP contribution in [-0.4, -0.2) is 43.7 Å².